The zero-order valence-electron chi connectivity index (χ0n) is 13.4. The zero-order chi connectivity index (χ0) is 16.7. The molecule has 24 heavy (non-hydrogen) atoms. The topological polar surface area (TPSA) is 55.1 Å². The molecule has 5 nitrogen and oxygen atoms in total. The fourth-order valence-electron chi connectivity index (χ4n) is 2.78. The summed E-state index contributed by atoms with van der Waals surface area (Å²) in [6.07, 6.45) is 5.50. The Labute approximate surface area is 144 Å². The summed E-state index contributed by atoms with van der Waals surface area (Å²) in [5, 5.41) is 4.86. The molecule has 0 atom stereocenters. The van der Waals surface area contributed by atoms with Gasteiger partial charge in [0.25, 0.3) is 0 Å². The molecule has 120 valence electrons. The molecule has 0 bridgehead atoms. The first-order valence-corrected chi connectivity index (χ1v) is 8.15. The number of imidazole rings is 1. The van der Waals surface area contributed by atoms with Gasteiger partial charge in [0.15, 0.2) is 5.65 Å². The number of rotatable bonds is 3. The SMILES string of the molecule is CC(C)Nc1ncc2cc(-c3ccccc3Cl)c3nccn3c2n1. The van der Waals surface area contributed by atoms with Gasteiger partial charge in [-0.15, -0.1) is 0 Å². The number of benzene rings is 1. The molecule has 0 saturated carbocycles. The zero-order valence-corrected chi connectivity index (χ0v) is 14.1. The van der Waals surface area contributed by atoms with E-state index in [2.05, 4.69) is 34.1 Å². The number of halogens is 1. The van der Waals surface area contributed by atoms with E-state index < -0.39 is 0 Å². The van der Waals surface area contributed by atoms with Gasteiger partial charge < -0.3 is 5.32 Å². The van der Waals surface area contributed by atoms with Crippen molar-refractivity contribution in [1.29, 1.82) is 0 Å². The minimum atomic E-state index is 0.267. The van der Waals surface area contributed by atoms with Gasteiger partial charge >= 0.3 is 0 Å². The predicted molar refractivity (Wildman–Crippen MR) is 97.5 cm³/mol. The lowest BCUT2D eigenvalue weighted by Crippen LogP contribution is -2.12. The molecule has 0 aliphatic carbocycles. The van der Waals surface area contributed by atoms with E-state index in [9.17, 15) is 0 Å². The van der Waals surface area contributed by atoms with Crippen LogP contribution in [0.4, 0.5) is 5.95 Å². The Hall–Kier alpha value is -2.66. The molecule has 1 N–H and O–H groups in total. The first-order chi connectivity index (χ1) is 11.6. The standard InChI is InChI=1S/C18H16ClN5/c1-11(2)22-18-21-10-12-9-14(13-5-3-4-6-15(13)19)17-20-7-8-24(17)16(12)23-18/h3-11H,1-2H3,(H,21,22,23). The van der Waals surface area contributed by atoms with Crippen LogP contribution in [0.25, 0.3) is 27.8 Å². The van der Waals surface area contributed by atoms with Crippen molar-refractivity contribution in [3.05, 3.63) is 53.9 Å². The van der Waals surface area contributed by atoms with Gasteiger partial charge in [0.1, 0.15) is 5.65 Å². The Morgan fingerprint density at radius 1 is 1.08 bits per heavy atom. The molecule has 6 heteroatoms. The van der Waals surface area contributed by atoms with Gasteiger partial charge in [-0.25, -0.2) is 9.97 Å². The summed E-state index contributed by atoms with van der Waals surface area (Å²) in [5.74, 6) is 0.609. The Morgan fingerprint density at radius 3 is 2.71 bits per heavy atom. The van der Waals surface area contributed by atoms with Crippen LogP contribution in [0.5, 0.6) is 0 Å². The van der Waals surface area contributed by atoms with Gasteiger partial charge in [-0.05, 0) is 26.0 Å². The van der Waals surface area contributed by atoms with Crippen molar-refractivity contribution in [3.63, 3.8) is 0 Å². The molecule has 0 radical (unpaired) electrons. The minimum Gasteiger partial charge on any atom is -0.352 e. The number of nitrogens with one attached hydrogen (secondary N) is 1. The van der Waals surface area contributed by atoms with Gasteiger partial charge in [-0.2, -0.15) is 4.98 Å². The number of hydrogen-bond donors (Lipinski definition) is 1. The van der Waals surface area contributed by atoms with Crippen LogP contribution in [-0.2, 0) is 0 Å². The summed E-state index contributed by atoms with van der Waals surface area (Å²) in [7, 11) is 0. The van der Waals surface area contributed by atoms with Crippen molar-refractivity contribution < 1.29 is 0 Å². The second-order valence-electron chi connectivity index (χ2n) is 5.93. The van der Waals surface area contributed by atoms with E-state index in [1.807, 2.05) is 47.1 Å². The van der Waals surface area contributed by atoms with E-state index in [1.165, 1.54) is 0 Å². The van der Waals surface area contributed by atoms with Crippen molar-refractivity contribution >= 4 is 34.2 Å². The molecule has 4 rings (SSSR count). The second kappa shape index (κ2) is 5.76. The monoisotopic (exact) mass is 337 g/mol. The Balaban J connectivity index is 2.00. The lowest BCUT2D eigenvalue weighted by Gasteiger charge is -2.11. The largest absolute Gasteiger partial charge is 0.352 e. The number of anilines is 1. The van der Waals surface area contributed by atoms with E-state index in [0.717, 1.165) is 27.8 Å². The molecule has 0 aliphatic heterocycles. The van der Waals surface area contributed by atoms with Crippen molar-refractivity contribution in [1.82, 2.24) is 19.4 Å². The van der Waals surface area contributed by atoms with Gasteiger partial charge in [-0.1, -0.05) is 29.8 Å². The Morgan fingerprint density at radius 2 is 1.92 bits per heavy atom. The van der Waals surface area contributed by atoms with E-state index in [-0.39, 0.29) is 6.04 Å². The molecule has 4 aromatic rings. The molecule has 0 fully saturated rings. The molecule has 0 amide bonds. The van der Waals surface area contributed by atoms with Crippen LogP contribution in [0.2, 0.25) is 5.02 Å². The van der Waals surface area contributed by atoms with Crippen molar-refractivity contribution in [2.75, 3.05) is 5.32 Å². The van der Waals surface area contributed by atoms with Gasteiger partial charge in [0.2, 0.25) is 5.95 Å². The second-order valence-corrected chi connectivity index (χ2v) is 6.34. The highest BCUT2D eigenvalue weighted by Gasteiger charge is 2.13. The summed E-state index contributed by atoms with van der Waals surface area (Å²) < 4.78 is 1.97. The molecule has 0 unspecified atom stereocenters. The third-order valence-electron chi connectivity index (χ3n) is 3.79. The van der Waals surface area contributed by atoms with E-state index in [0.29, 0.717) is 11.0 Å². The maximum atomic E-state index is 6.38. The number of nitrogens with zero attached hydrogens (tertiary/aromatic N) is 4. The lowest BCUT2D eigenvalue weighted by molar-refractivity contribution is 0.876. The molecule has 0 saturated heterocycles. The number of hydrogen-bond acceptors (Lipinski definition) is 4. The first-order valence-electron chi connectivity index (χ1n) is 7.78. The number of fused-ring (bicyclic) bond motifs is 3. The average Bonchev–Trinajstić information content (AvgIpc) is 3.04. The highest BCUT2D eigenvalue weighted by molar-refractivity contribution is 6.33. The fourth-order valence-corrected chi connectivity index (χ4v) is 3.01. The molecular formula is C18H16ClN5. The summed E-state index contributed by atoms with van der Waals surface area (Å²) in [6, 6.07) is 10.1. The van der Waals surface area contributed by atoms with E-state index in [4.69, 9.17) is 11.6 Å². The van der Waals surface area contributed by atoms with Gasteiger partial charge in [-0.3, -0.25) is 4.40 Å². The molecule has 1 aromatic carbocycles. The number of aromatic nitrogens is 4. The van der Waals surface area contributed by atoms with E-state index in [1.54, 1.807) is 6.20 Å². The van der Waals surface area contributed by atoms with E-state index >= 15 is 0 Å². The van der Waals surface area contributed by atoms with Crippen LogP contribution in [-0.4, -0.2) is 25.4 Å². The minimum absolute atomic E-state index is 0.267. The van der Waals surface area contributed by atoms with Crippen LogP contribution in [0, 0.1) is 0 Å². The lowest BCUT2D eigenvalue weighted by atomic mass is 10.1. The molecular weight excluding hydrogens is 322 g/mol. The summed E-state index contributed by atoms with van der Waals surface area (Å²) in [4.78, 5) is 13.5. The van der Waals surface area contributed by atoms with Crippen molar-refractivity contribution in [3.8, 4) is 11.1 Å². The summed E-state index contributed by atoms with van der Waals surface area (Å²) in [6.45, 7) is 4.11. The smallest absolute Gasteiger partial charge is 0.224 e. The maximum absolute atomic E-state index is 6.38. The fraction of sp³-hybridized carbons (Fsp3) is 0.167. The Kier molecular flexibility index (Phi) is 3.58. The van der Waals surface area contributed by atoms with Crippen molar-refractivity contribution in [2.45, 2.75) is 19.9 Å². The quantitative estimate of drug-likeness (QED) is 0.601. The van der Waals surface area contributed by atoms with Crippen molar-refractivity contribution in [2.24, 2.45) is 0 Å². The highest BCUT2D eigenvalue weighted by atomic mass is 35.5. The molecule has 0 aliphatic rings. The normalized spacial score (nSPS) is 11.5. The predicted octanol–water partition coefficient (Wildman–Crippen LogP) is 4.42. The van der Waals surface area contributed by atoms with Gasteiger partial charge in [0.05, 0.1) is 0 Å². The average molecular weight is 338 g/mol. The van der Waals surface area contributed by atoms with Crippen LogP contribution in [0.1, 0.15) is 13.8 Å². The highest BCUT2D eigenvalue weighted by Crippen LogP contribution is 2.32. The third-order valence-corrected chi connectivity index (χ3v) is 4.12. The van der Waals surface area contributed by atoms with Gasteiger partial charge in [0, 0.05) is 46.2 Å². The van der Waals surface area contributed by atoms with Crippen LogP contribution < -0.4 is 5.32 Å². The molecule has 3 aromatic heterocycles. The third kappa shape index (κ3) is 2.47. The molecule has 0 spiro atoms. The Bertz CT molecular complexity index is 1040. The maximum Gasteiger partial charge on any atom is 0.224 e. The molecule has 3 heterocycles. The summed E-state index contributed by atoms with van der Waals surface area (Å²) >= 11 is 6.38. The van der Waals surface area contributed by atoms with Crippen LogP contribution in [0.15, 0.2) is 48.9 Å². The van der Waals surface area contributed by atoms with Crippen LogP contribution >= 0.6 is 11.6 Å². The summed E-state index contributed by atoms with van der Waals surface area (Å²) in [5.41, 5.74) is 3.55. The van der Waals surface area contributed by atoms with Crippen LogP contribution in [0.3, 0.4) is 0 Å². The number of pyridine rings is 1. The first kappa shape index (κ1) is 14.9.